The molecule has 0 aliphatic heterocycles. The third kappa shape index (κ3) is 10.4. The molecule has 0 unspecified atom stereocenters. The molecule has 9 rings (SSSR count). The normalized spacial score (nSPS) is 10.8. The zero-order valence-corrected chi connectivity index (χ0v) is 34.1. The summed E-state index contributed by atoms with van der Waals surface area (Å²) in [6, 6.07) is 83.9. The highest BCUT2D eigenvalue weighted by atomic mass is 15.1. The van der Waals surface area contributed by atoms with Crippen molar-refractivity contribution in [3.63, 3.8) is 0 Å². The molecule has 0 heterocycles. The Morgan fingerprint density at radius 1 is 0.230 bits per heavy atom. The third-order valence-electron chi connectivity index (χ3n) is 10.8. The van der Waals surface area contributed by atoms with Crippen molar-refractivity contribution in [2.24, 2.45) is 0 Å². The van der Waals surface area contributed by atoms with Crippen LogP contribution in [0.2, 0.25) is 0 Å². The zero-order chi connectivity index (χ0) is 41.1. The predicted octanol–water partition coefficient (Wildman–Crippen LogP) is 15.2. The molecule has 0 aliphatic carbocycles. The minimum atomic E-state index is 0.897. The smallest absolute Gasteiger partial charge is 0.0463 e. The number of hydrogen-bond acceptors (Lipinski definition) is 4. The summed E-state index contributed by atoms with van der Waals surface area (Å²) < 4.78 is 0. The molecule has 0 bridgehead atoms. The van der Waals surface area contributed by atoms with Crippen molar-refractivity contribution in [1.82, 2.24) is 0 Å². The van der Waals surface area contributed by atoms with E-state index in [1.807, 2.05) is 0 Å². The number of hydrogen-bond donors (Lipinski definition) is 3. The Bertz CT molecular complexity index is 2460. The first-order chi connectivity index (χ1) is 30.1. The fourth-order valence-electron chi connectivity index (χ4n) is 7.80. The molecule has 4 heteroatoms. The van der Waals surface area contributed by atoms with E-state index in [9.17, 15) is 0 Å². The van der Waals surface area contributed by atoms with Gasteiger partial charge in [-0.25, -0.2) is 0 Å². The van der Waals surface area contributed by atoms with Crippen LogP contribution in [0.5, 0.6) is 0 Å². The van der Waals surface area contributed by atoms with Crippen molar-refractivity contribution >= 4 is 51.2 Å². The number of anilines is 9. The first-order valence-corrected chi connectivity index (χ1v) is 21.0. The molecule has 3 N–H and O–H groups in total. The monoisotopic (exact) mass is 788 g/mol. The molecule has 4 nitrogen and oxygen atoms in total. The summed E-state index contributed by atoms with van der Waals surface area (Å²) in [5, 5.41) is 10.9. The van der Waals surface area contributed by atoms with Crippen LogP contribution in [0.3, 0.4) is 0 Å². The lowest BCUT2D eigenvalue weighted by atomic mass is 10.0. The molecule has 61 heavy (non-hydrogen) atoms. The average Bonchev–Trinajstić information content (AvgIpc) is 3.30. The summed E-state index contributed by atoms with van der Waals surface area (Å²) in [6.45, 7) is 0. The second kappa shape index (κ2) is 18.8. The highest BCUT2D eigenvalue weighted by molar-refractivity contribution is 5.80. The van der Waals surface area contributed by atoms with Crippen molar-refractivity contribution in [3.8, 4) is 0 Å². The van der Waals surface area contributed by atoms with Crippen LogP contribution in [0.15, 0.2) is 237 Å². The fourth-order valence-corrected chi connectivity index (χ4v) is 7.80. The van der Waals surface area contributed by atoms with Gasteiger partial charge in [-0.2, -0.15) is 0 Å². The van der Waals surface area contributed by atoms with Gasteiger partial charge in [0, 0.05) is 51.2 Å². The Morgan fingerprint density at radius 2 is 0.492 bits per heavy atom. The van der Waals surface area contributed by atoms with Gasteiger partial charge >= 0.3 is 0 Å². The lowest BCUT2D eigenvalue weighted by Crippen LogP contribution is -2.10. The van der Waals surface area contributed by atoms with Crippen LogP contribution in [0.25, 0.3) is 0 Å². The van der Waals surface area contributed by atoms with Crippen molar-refractivity contribution in [1.29, 1.82) is 0 Å². The van der Waals surface area contributed by atoms with Gasteiger partial charge in [0.2, 0.25) is 0 Å². The molecular weight excluding hydrogens is 741 g/mol. The lowest BCUT2D eigenvalue weighted by Gasteiger charge is -2.26. The standard InChI is InChI=1S/C57H48N4/c1-4-13-43(14-5-1)37-46-19-10-22-52(40-46)58-49-25-31-55(32-26-49)61(56-33-27-50(28-34-56)59-53-23-11-20-47(41-53)38-44-15-6-2-7-16-44)57-35-29-51(30-36-57)60-54-24-12-21-48(42-54)39-45-17-8-3-9-18-45/h1-36,40-42,58-60H,37-39H2. The molecule has 0 amide bonds. The van der Waals surface area contributed by atoms with Crippen molar-refractivity contribution in [2.45, 2.75) is 19.3 Å². The maximum atomic E-state index is 3.64. The number of benzene rings is 9. The molecule has 0 aromatic heterocycles. The van der Waals surface area contributed by atoms with Gasteiger partial charge < -0.3 is 20.9 Å². The molecule has 296 valence electrons. The van der Waals surface area contributed by atoms with Crippen LogP contribution in [0.1, 0.15) is 33.4 Å². The quantitative estimate of drug-likeness (QED) is 0.0967. The van der Waals surface area contributed by atoms with E-state index < -0.39 is 0 Å². The summed E-state index contributed by atoms with van der Waals surface area (Å²) >= 11 is 0. The van der Waals surface area contributed by atoms with Gasteiger partial charge in [0.25, 0.3) is 0 Å². The van der Waals surface area contributed by atoms with E-state index >= 15 is 0 Å². The fraction of sp³-hybridized carbons (Fsp3) is 0.0526. The Morgan fingerprint density at radius 3 is 0.770 bits per heavy atom. The van der Waals surface area contributed by atoms with Gasteiger partial charge in [0.15, 0.2) is 0 Å². The number of nitrogens with one attached hydrogen (secondary N) is 3. The van der Waals surface area contributed by atoms with E-state index in [0.717, 1.165) is 70.4 Å². The molecule has 0 aliphatic rings. The Kier molecular flexibility index (Phi) is 11.9. The van der Waals surface area contributed by atoms with Gasteiger partial charge in [-0.3, -0.25) is 0 Å². The minimum Gasteiger partial charge on any atom is -0.356 e. The first kappa shape index (κ1) is 38.7. The molecule has 0 spiro atoms. The molecule has 0 fully saturated rings. The Balaban J connectivity index is 0.947. The van der Waals surface area contributed by atoms with E-state index in [2.05, 4.69) is 257 Å². The molecule has 0 saturated heterocycles. The summed E-state index contributed by atoms with van der Waals surface area (Å²) in [4.78, 5) is 2.30. The van der Waals surface area contributed by atoms with Crippen molar-refractivity contribution in [3.05, 3.63) is 270 Å². The molecule has 0 radical (unpaired) electrons. The predicted molar refractivity (Wildman–Crippen MR) is 258 cm³/mol. The zero-order valence-electron chi connectivity index (χ0n) is 34.1. The van der Waals surface area contributed by atoms with Gasteiger partial charge in [-0.1, -0.05) is 127 Å². The van der Waals surface area contributed by atoms with Gasteiger partial charge in [-0.05, 0) is 162 Å². The van der Waals surface area contributed by atoms with E-state index in [0.29, 0.717) is 0 Å². The Labute approximate surface area is 359 Å². The van der Waals surface area contributed by atoms with E-state index in [-0.39, 0.29) is 0 Å². The number of rotatable bonds is 15. The Hall–Kier alpha value is -7.82. The second-order valence-electron chi connectivity index (χ2n) is 15.4. The molecule has 9 aromatic rings. The molecule has 9 aromatic carbocycles. The minimum absolute atomic E-state index is 0.897. The summed E-state index contributed by atoms with van der Waals surface area (Å²) in [7, 11) is 0. The highest BCUT2D eigenvalue weighted by Gasteiger charge is 2.14. The molecular formula is C57H48N4. The number of nitrogens with zero attached hydrogens (tertiary/aromatic N) is 1. The van der Waals surface area contributed by atoms with Gasteiger partial charge in [-0.15, -0.1) is 0 Å². The molecule has 0 saturated carbocycles. The van der Waals surface area contributed by atoms with Crippen LogP contribution in [0.4, 0.5) is 51.2 Å². The maximum absolute atomic E-state index is 3.64. The van der Waals surface area contributed by atoms with Crippen molar-refractivity contribution in [2.75, 3.05) is 20.9 Å². The third-order valence-corrected chi connectivity index (χ3v) is 10.8. The van der Waals surface area contributed by atoms with Gasteiger partial charge in [0.1, 0.15) is 0 Å². The van der Waals surface area contributed by atoms with Crippen LogP contribution in [-0.2, 0) is 19.3 Å². The average molecular weight is 789 g/mol. The summed E-state index contributed by atoms with van der Waals surface area (Å²) in [5.41, 5.74) is 17.2. The second-order valence-corrected chi connectivity index (χ2v) is 15.4. The largest absolute Gasteiger partial charge is 0.356 e. The first-order valence-electron chi connectivity index (χ1n) is 21.0. The van der Waals surface area contributed by atoms with E-state index in [4.69, 9.17) is 0 Å². The van der Waals surface area contributed by atoms with Crippen LogP contribution >= 0.6 is 0 Å². The highest BCUT2D eigenvalue weighted by Crippen LogP contribution is 2.37. The van der Waals surface area contributed by atoms with E-state index in [1.54, 1.807) is 0 Å². The van der Waals surface area contributed by atoms with E-state index in [1.165, 1.54) is 33.4 Å². The maximum Gasteiger partial charge on any atom is 0.0463 e. The lowest BCUT2D eigenvalue weighted by molar-refractivity contribution is 1.19. The summed E-state index contributed by atoms with van der Waals surface area (Å²) in [6.07, 6.45) is 2.69. The SMILES string of the molecule is c1ccc(Cc2cccc(Nc3ccc(N(c4ccc(Nc5cccc(Cc6ccccc6)c5)cc4)c4ccc(Nc5cccc(Cc6ccccc6)c5)cc4)cc3)c2)cc1. The van der Waals surface area contributed by atoms with Gasteiger partial charge in [0.05, 0.1) is 0 Å². The van der Waals surface area contributed by atoms with Crippen LogP contribution in [-0.4, -0.2) is 0 Å². The van der Waals surface area contributed by atoms with Crippen LogP contribution < -0.4 is 20.9 Å². The topological polar surface area (TPSA) is 39.3 Å². The summed E-state index contributed by atoms with van der Waals surface area (Å²) in [5.74, 6) is 0. The van der Waals surface area contributed by atoms with Crippen molar-refractivity contribution < 1.29 is 0 Å². The van der Waals surface area contributed by atoms with Crippen LogP contribution in [0, 0.1) is 0 Å². The molecule has 0 atom stereocenters.